The lowest BCUT2D eigenvalue weighted by Gasteiger charge is -2.35. The van der Waals surface area contributed by atoms with Crippen LogP contribution in [-0.4, -0.2) is 58.7 Å². The van der Waals surface area contributed by atoms with Crippen LogP contribution in [0.4, 0.5) is 4.79 Å². The first-order valence-electron chi connectivity index (χ1n) is 8.83. The highest BCUT2D eigenvalue weighted by Gasteiger charge is 2.35. The maximum atomic E-state index is 12.7. The Labute approximate surface area is 137 Å². The highest BCUT2D eigenvalue weighted by atomic mass is 16.5. The van der Waals surface area contributed by atoms with Crippen LogP contribution in [0, 0.1) is 5.92 Å². The van der Waals surface area contributed by atoms with E-state index in [2.05, 4.69) is 9.55 Å². The van der Waals surface area contributed by atoms with E-state index in [1.165, 1.54) is 18.5 Å². The third kappa shape index (κ3) is 2.96. The van der Waals surface area contributed by atoms with E-state index in [1.54, 1.807) is 7.11 Å². The number of aromatic nitrogens is 2. The van der Waals surface area contributed by atoms with Crippen molar-refractivity contribution in [1.82, 2.24) is 19.4 Å². The van der Waals surface area contributed by atoms with Crippen LogP contribution in [0.2, 0.25) is 0 Å². The summed E-state index contributed by atoms with van der Waals surface area (Å²) in [5.41, 5.74) is 2.36. The molecule has 2 aliphatic heterocycles. The van der Waals surface area contributed by atoms with Gasteiger partial charge in [-0.3, -0.25) is 0 Å². The average Bonchev–Trinajstić information content (AvgIpc) is 3.04. The molecule has 6 heteroatoms. The molecule has 6 nitrogen and oxygen atoms in total. The summed E-state index contributed by atoms with van der Waals surface area (Å²) in [6.45, 7) is 4.89. The third-order valence-corrected chi connectivity index (χ3v) is 5.29. The van der Waals surface area contributed by atoms with Gasteiger partial charge in [0.15, 0.2) is 0 Å². The molecule has 3 aliphatic rings. The summed E-state index contributed by atoms with van der Waals surface area (Å²) in [6.07, 6.45) is 6.89. The van der Waals surface area contributed by atoms with Crippen molar-refractivity contribution < 1.29 is 9.53 Å². The van der Waals surface area contributed by atoms with Crippen molar-refractivity contribution >= 4 is 6.03 Å². The average molecular weight is 318 g/mol. The fraction of sp³-hybridized carbons (Fsp3) is 0.765. The largest absolute Gasteiger partial charge is 0.384 e. The van der Waals surface area contributed by atoms with Crippen molar-refractivity contribution in [2.75, 3.05) is 33.4 Å². The summed E-state index contributed by atoms with van der Waals surface area (Å²) in [7, 11) is 1.74. The Morgan fingerprint density at radius 1 is 1.30 bits per heavy atom. The van der Waals surface area contributed by atoms with Crippen LogP contribution in [0.5, 0.6) is 0 Å². The number of imidazole rings is 1. The number of carbonyl (C=O) groups is 1. The van der Waals surface area contributed by atoms with Gasteiger partial charge in [0.25, 0.3) is 0 Å². The van der Waals surface area contributed by atoms with Crippen molar-refractivity contribution in [2.24, 2.45) is 5.92 Å². The van der Waals surface area contributed by atoms with E-state index < -0.39 is 0 Å². The van der Waals surface area contributed by atoms with Gasteiger partial charge in [0, 0.05) is 44.9 Å². The number of ether oxygens (including phenoxy) is 1. The first kappa shape index (κ1) is 15.0. The van der Waals surface area contributed by atoms with Gasteiger partial charge in [-0.15, -0.1) is 0 Å². The van der Waals surface area contributed by atoms with Crippen LogP contribution in [0.1, 0.15) is 43.0 Å². The van der Waals surface area contributed by atoms with Gasteiger partial charge in [0.05, 0.1) is 25.2 Å². The molecule has 23 heavy (non-hydrogen) atoms. The molecular weight excluding hydrogens is 292 g/mol. The molecular formula is C17H26N4O2. The molecule has 1 aliphatic carbocycles. The molecule has 1 aromatic rings. The number of carbonyl (C=O) groups excluding carboxylic acids is 1. The molecule has 2 fully saturated rings. The standard InChI is InChI=1S/C17H26N4O2/c1-23-11-14-9-20(17(22)19-6-2-3-7-19)10-15-16(14)21(12-18-15)8-13-4-5-13/h12-14H,2-11H2,1H3/t14-/m1/s1. The summed E-state index contributed by atoms with van der Waals surface area (Å²) >= 11 is 0. The van der Waals surface area contributed by atoms with Crippen molar-refractivity contribution in [2.45, 2.75) is 44.7 Å². The van der Waals surface area contributed by atoms with Crippen LogP contribution in [-0.2, 0) is 17.8 Å². The van der Waals surface area contributed by atoms with E-state index in [0.29, 0.717) is 13.2 Å². The number of nitrogens with zero attached hydrogens (tertiary/aromatic N) is 4. The van der Waals surface area contributed by atoms with Crippen molar-refractivity contribution in [3.05, 3.63) is 17.7 Å². The zero-order chi connectivity index (χ0) is 15.8. The summed E-state index contributed by atoms with van der Waals surface area (Å²) < 4.78 is 7.76. The van der Waals surface area contributed by atoms with E-state index >= 15 is 0 Å². The van der Waals surface area contributed by atoms with E-state index in [0.717, 1.165) is 50.6 Å². The fourth-order valence-electron chi connectivity index (χ4n) is 3.93. The first-order chi connectivity index (χ1) is 11.3. The quantitative estimate of drug-likeness (QED) is 0.854. The minimum atomic E-state index is 0.172. The Balaban J connectivity index is 1.55. The predicted molar refractivity (Wildman–Crippen MR) is 86.2 cm³/mol. The normalized spacial score (nSPS) is 24.1. The van der Waals surface area contributed by atoms with Crippen molar-refractivity contribution in [3.63, 3.8) is 0 Å². The molecule has 1 saturated heterocycles. The molecule has 126 valence electrons. The molecule has 0 aromatic carbocycles. The van der Waals surface area contributed by atoms with Gasteiger partial charge >= 0.3 is 6.03 Å². The Morgan fingerprint density at radius 2 is 2.09 bits per heavy atom. The fourth-order valence-corrected chi connectivity index (χ4v) is 3.93. The van der Waals surface area contributed by atoms with Crippen LogP contribution < -0.4 is 0 Å². The summed E-state index contributed by atoms with van der Waals surface area (Å²) in [6, 6.07) is 0.172. The molecule has 4 rings (SSSR count). The van der Waals surface area contributed by atoms with E-state index in [4.69, 9.17) is 4.74 Å². The number of amides is 2. The summed E-state index contributed by atoms with van der Waals surface area (Å²) in [5.74, 6) is 1.05. The Morgan fingerprint density at radius 3 is 2.78 bits per heavy atom. The molecule has 0 spiro atoms. The second-order valence-electron chi connectivity index (χ2n) is 7.18. The number of rotatable bonds is 4. The molecule has 1 saturated carbocycles. The second-order valence-corrected chi connectivity index (χ2v) is 7.18. The molecule has 0 bridgehead atoms. The topological polar surface area (TPSA) is 50.6 Å². The minimum absolute atomic E-state index is 0.172. The molecule has 0 radical (unpaired) electrons. The number of urea groups is 1. The lowest BCUT2D eigenvalue weighted by atomic mass is 9.99. The molecule has 3 heterocycles. The van der Waals surface area contributed by atoms with Crippen LogP contribution in [0.25, 0.3) is 0 Å². The number of hydrogen-bond acceptors (Lipinski definition) is 3. The second kappa shape index (κ2) is 6.15. The van der Waals surface area contributed by atoms with Crippen LogP contribution in [0.15, 0.2) is 6.33 Å². The predicted octanol–water partition coefficient (Wildman–Crippen LogP) is 2.05. The minimum Gasteiger partial charge on any atom is -0.384 e. The van der Waals surface area contributed by atoms with E-state index in [1.807, 2.05) is 16.1 Å². The smallest absolute Gasteiger partial charge is 0.320 e. The lowest BCUT2D eigenvalue weighted by molar-refractivity contribution is 0.123. The number of methoxy groups -OCH3 is 1. The van der Waals surface area contributed by atoms with Crippen molar-refractivity contribution in [3.8, 4) is 0 Å². The first-order valence-corrected chi connectivity index (χ1v) is 8.83. The van der Waals surface area contributed by atoms with Crippen molar-refractivity contribution in [1.29, 1.82) is 0 Å². The zero-order valence-electron chi connectivity index (χ0n) is 13.9. The van der Waals surface area contributed by atoms with Gasteiger partial charge in [-0.2, -0.15) is 0 Å². The lowest BCUT2D eigenvalue weighted by Crippen LogP contribution is -2.46. The number of likely N-dealkylation sites (tertiary alicyclic amines) is 1. The molecule has 1 atom stereocenters. The van der Waals surface area contributed by atoms with Gasteiger partial charge in [0.2, 0.25) is 0 Å². The number of fused-ring (bicyclic) bond motifs is 1. The van der Waals surface area contributed by atoms with Gasteiger partial charge in [-0.25, -0.2) is 9.78 Å². The van der Waals surface area contributed by atoms with Crippen LogP contribution in [0.3, 0.4) is 0 Å². The van der Waals surface area contributed by atoms with E-state index in [-0.39, 0.29) is 11.9 Å². The number of hydrogen-bond donors (Lipinski definition) is 0. The molecule has 0 unspecified atom stereocenters. The van der Waals surface area contributed by atoms with Gasteiger partial charge in [0.1, 0.15) is 0 Å². The highest BCUT2D eigenvalue weighted by molar-refractivity contribution is 5.75. The summed E-state index contributed by atoms with van der Waals surface area (Å²) in [5, 5.41) is 0. The Bertz CT molecular complexity index is 575. The Hall–Kier alpha value is -1.56. The van der Waals surface area contributed by atoms with Crippen LogP contribution >= 0.6 is 0 Å². The monoisotopic (exact) mass is 318 g/mol. The zero-order valence-corrected chi connectivity index (χ0v) is 13.9. The third-order valence-electron chi connectivity index (χ3n) is 5.29. The SMILES string of the molecule is COC[C@H]1CN(C(=O)N2CCCC2)Cc2ncn(CC3CC3)c21. The molecule has 1 aromatic heterocycles. The van der Waals surface area contributed by atoms with Gasteiger partial charge in [-0.1, -0.05) is 0 Å². The highest BCUT2D eigenvalue weighted by Crippen LogP contribution is 2.34. The Kier molecular flexibility index (Phi) is 4.01. The maximum Gasteiger partial charge on any atom is 0.320 e. The maximum absolute atomic E-state index is 12.7. The molecule has 2 amide bonds. The van der Waals surface area contributed by atoms with Gasteiger partial charge < -0.3 is 19.1 Å². The van der Waals surface area contributed by atoms with Gasteiger partial charge in [-0.05, 0) is 31.6 Å². The molecule has 0 N–H and O–H groups in total. The summed E-state index contributed by atoms with van der Waals surface area (Å²) in [4.78, 5) is 21.3. The van der Waals surface area contributed by atoms with E-state index in [9.17, 15) is 4.79 Å².